The molecule has 0 aliphatic rings. The quantitative estimate of drug-likeness (QED) is 0.633. The predicted molar refractivity (Wildman–Crippen MR) is 74.6 cm³/mol. The lowest BCUT2D eigenvalue weighted by Gasteiger charge is -2.21. The van der Waals surface area contributed by atoms with Crippen LogP contribution in [-0.4, -0.2) is 54.3 Å². The van der Waals surface area contributed by atoms with Gasteiger partial charge in [0.1, 0.15) is 0 Å². The summed E-state index contributed by atoms with van der Waals surface area (Å²) >= 11 is 0. The molecule has 114 valence electrons. The van der Waals surface area contributed by atoms with Gasteiger partial charge in [-0.15, -0.1) is 0 Å². The number of benzene rings is 1. The third-order valence-corrected chi connectivity index (χ3v) is 4.86. The molecule has 0 spiro atoms. The van der Waals surface area contributed by atoms with E-state index in [4.69, 9.17) is 10.2 Å². The molecule has 0 heterocycles. The molecule has 1 aromatic rings. The molecule has 0 bridgehead atoms. The minimum absolute atomic E-state index is 0.0457. The summed E-state index contributed by atoms with van der Waals surface area (Å²) in [5, 5.41) is 27.6. The van der Waals surface area contributed by atoms with Gasteiger partial charge in [0, 0.05) is 13.1 Å². The predicted octanol–water partition coefficient (Wildman–Crippen LogP) is 0.105. The Morgan fingerprint density at radius 3 is 2.30 bits per heavy atom. The van der Waals surface area contributed by atoms with E-state index in [-0.39, 0.29) is 31.2 Å². The molecule has 0 radical (unpaired) electrons. The van der Waals surface area contributed by atoms with Gasteiger partial charge in [-0.3, -0.25) is 0 Å². The van der Waals surface area contributed by atoms with Gasteiger partial charge < -0.3 is 15.3 Å². The highest BCUT2D eigenvalue weighted by molar-refractivity contribution is 7.89. The first-order valence-electron chi connectivity index (χ1n) is 6.47. The molecule has 3 N–H and O–H groups in total. The first-order chi connectivity index (χ1) is 9.47. The van der Waals surface area contributed by atoms with E-state index in [1.165, 1.54) is 12.1 Å². The Hall–Kier alpha value is -0.990. The van der Waals surface area contributed by atoms with Crippen LogP contribution in [0.25, 0.3) is 0 Å². The molecular weight excluding hydrogens is 282 g/mol. The third kappa shape index (κ3) is 4.00. The van der Waals surface area contributed by atoms with Gasteiger partial charge >= 0.3 is 0 Å². The van der Waals surface area contributed by atoms with E-state index in [0.29, 0.717) is 12.0 Å². The summed E-state index contributed by atoms with van der Waals surface area (Å²) in [5.41, 5.74) is 0.529. The first kappa shape index (κ1) is 17.1. The van der Waals surface area contributed by atoms with Crippen LogP contribution >= 0.6 is 0 Å². The topological polar surface area (TPSA) is 98.1 Å². The summed E-state index contributed by atoms with van der Waals surface area (Å²) < 4.78 is 25.8. The van der Waals surface area contributed by atoms with E-state index >= 15 is 0 Å². The van der Waals surface area contributed by atoms with Gasteiger partial charge in [0.25, 0.3) is 0 Å². The van der Waals surface area contributed by atoms with Crippen LogP contribution in [0.2, 0.25) is 0 Å². The van der Waals surface area contributed by atoms with Crippen molar-refractivity contribution < 1.29 is 23.7 Å². The lowest BCUT2D eigenvalue weighted by Crippen LogP contribution is -2.35. The Labute approximate surface area is 119 Å². The fourth-order valence-electron chi connectivity index (χ4n) is 1.84. The van der Waals surface area contributed by atoms with E-state index in [2.05, 4.69) is 0 Å². The van der Waals surface area contributed by atoms with Crippen molar-refractivity contribution in [3.05, 3.63) is 29.8 Å². The number of hydrogen-bond acceptors (Lipinski definition) is 5. The lowest BCUT2D eigenvalue weighted by atomic mass is 10.1. The fraction of sp³-hybridized carbons (Fsp3) is 0.538. The SMILES string of the molecule is CCC(O)c1cccc(S(=O)(=O)N(CCO)CCO)c1. The van der Waals surface area contributed by atoms with Gasteiger partial charge in [0.15, 0.2) is 0 Å². The molecule has 7 heteroatoms. The number of nitrogens with zero attached hydrogens (tertiary/aromatic N) is 1. The molecule has 0 aromatic heterocycles. The van der Waals surface area contributed by atoms with Gasteiger partial charge in [-0.05, 0) is 24.1 Å². The van der Waals surface area contributed by atoms with Gasteiger partial charge in [-0.1, -0.05) is 19.1 Å². The minimum atomic E-state index is -3.79. The highest BCUT2D eigenvalue weighted by atomic mass is 32.2. The maximum Gasteiger partial charge on any atom is 0.243 e. The summed E-state index contributed by atoms with van der Waals surface area (Å²) in [5.74, 6) is 0. The molecule has 0 amide bonds. The van der Waals surface area contributed by atoms with Crippen LogP contribution in [0.4, 0.5) is 0 Å². The summed E-state index contributed by atoms with van der Waals surface area (Å²) in [7, 11) is -3.79. The molecular formula is C13H21NO5S. The van der Waals surface area contributed by atoms with Crippen LogP contribution < -0.4 is 0 Å². The highest BCUT2D eigenvalue weighted by Gasteiger charge is 2.24. The maximum absolute atomic E-state index is 12.4. The van der Waals surface area contributed by atoms with Gasteiger partial charge in [0.2, 0.25) is 10.0 Å². The zero-order valence-electron chi connectivity index (χ0n) is 11.4. The smallest absolute Gasteiger partial charge is 0.243 e. The van der Waals surface area contributed by atoms with Crippen molar-refractivity contribution in [3.8, 4) is 0 Å². The van der Waals surface area contributed by atoms with Crippen molar-refractivity contribution in [1.29, 1.82) is 0 Å². The molecule has 1 rings (SSSR count). The second-order valence-corrected chi connectivity index (χ2v) is 6.29. The van der Waals surface area contributed by atoms with E-state index in [9.17, 15) is 13.5 Å². The van der Waals surface area contributed by atoms with Crippen LogP contribution in [-0.2, 0) is 10.0 Å². The van der Waals surface area contributed by atoms with Crippen LogP contribution in [0.5, 0.6) is 0 Å². The molecule has 20 heavy (non-hydrogen) atoms. The highest BCUT2D eigenvalue weighted by Crippen LogP contribution is 2.22. The van der Waals surface area contributed by atoms with Crippen molar-refractivity contribution in [1.82, 2.24) is 4.31 Å². The summed E-state index contributed by atoms with van der Waals surface area (Å²) in [6.07, 6.45) is -0.227. The van der Waals surface area contributed by atoms with Gasteiger partial charge in [-0.2, -0.15) is 4.31 Å². The molecule has 0 aliphatic heterocycles. The van der Waals surface area contributed by atoms with Crippen molar-refractivity contribution in [2.24, 2.45) is 0 Å². The van der Waals surface area contributed by atoms with E-state index < -0.39 is 16.1 Å². The van der Waals surface area contributed by atoms with Gasteiger partial charge in [0.05, 0.1) is 24.2 Å². The monoisotopic (exact) mass is 303 g/mol. The summed E-state index contributed by atoms with van der Waals surface area (Å²) in [4.78, 5) is 0.0457. The van der Waals surface area contributed by atoms with Crippen LogP contribution in [0.1, 0.15) is 25.0 Å². The molecule has 0 saturated heterocycles. The second-order valence-electron chi connectivity index (χ2n) is 4.35. The molecule has 0 fully saturated rings. The molecule has 1 atom stereocenters. The van der Waals surface area contributed by atoms with E-state index in [1.54, 1.807) is 19.1 Å². The molecule has 0 saturated carbocycles. The van der Waals surface area contributed by atoms with Crippen LogP contribution in [0.3, 0.4) is 0 Å². The number of hydrogen-bond donors (Lipinski definition) is 3. The Morgan fingerprint density at radius 1 is 1.20 bits per heavy atom. The molecule has 1 unspecified atom stereocenters. The van der Waals surface area contributed by atoms with Crippen molar-refractivity contribution in [3.63, 3.8) is 0 Å². The Kier molecular flexibility index (Phi) is 6.57. The lowest BCUT2D eigenvalue weighted by molar-refractivity contribution is 0.173. The Morgan fingerprint density at radius 2 is 1.80 bits per heavy atom. The van der Waals surface area contributed by atoms with Crippen LogP contribution in [0, 0.1) is 0 Å². The first-order valence-corrected chi connectivity index (χ1v) is 7.91. The molecule has 0 aliphatic carbocycles. The second kappa shape index (κ2) is 7.70. The number of sulfonamides is 1. The average molecular weight is 303 g/mol. The Balaban J connectivity index is 3.13. The average Bonchev–Trinajstić information content (AvgIpc) is 2.46. The third-order valence-electron chi connectivity index (χ3n) is 2.97. The van der Waals surface area contributed by atoms with Crippen molar-refractivity contribution in [2.45, 2.75) is 24.3 Å². The fourth-order valence-corrected chi connectivity index (χ4v) is 3.32. The van der Waals surface area contributed by atoms with E-state index in [0.717, 1.165) is 4.31 Å². The van der Waals surface area contributed by atoms with Crippen molar-refractivity contribution >= 4 is 10.0 Å². The summed E-state index contributed by atoms with van der Waals surface area (Å²) in [6, 6.07) is 6.08. The normalized spacial score (nSPS) is 13.7. The molecule has 1 aromatic carbocycles. The minimum Gasteiger partial charge on any atom is -0.395 e. The van der Waals surface area contributed by atoms with E-state index in [1.807, 2.05) is 0 Å². The Bertz CT molecular complexity index is 511. The van der Waals surface area contributed by atoms with Gasteiger partial charge in [-0.25, -0.2) is 8.42 Å². The number of aliphatic hydroxyl groups is 3. The zero-order chi connectivity index (χ0) is 15.2. The zero-order valence-corrected chi connectivity index (χ0v) is 12.3. The summed E-state index contributed by atoms with van der Waals surface area (Å²) in [6.45, 7) is 0.996. The van der Waals surface area contributed by atoms with Crippen molar-refractivity contribution in [2.75, 3.05) is 26.3 Å². The van der Waals surface area contributed by atoms with Crippen LogP contribution in [0.15, 0.2) is 29.2 Å². The standard InChI is InChI=1S/C13H21NO5S/c1-2-13(17)11-4-3-5-12(10-11)20(18,19)14(6-8-15)7-9-16/h3-5,10,13,15-17H,2,6-9H2,1H3. The number of aliphatic hydroxyl groups excluding tert-OH is 3. The largest absolute Gasteiger partial charge is 0.395 e. The number of rotatable bonds is 8. The molecule has 6 nitrogen and oxygen atoms in total. The maximum atomic E-state index is 12.4.